The van der Waals surface area contributed by atoms with Crippen LogP contribution in [0.5, 0.6) is 0 Å². The van der Waals surface area contributed by atoms with E-state index in [9.17, 15) is 9.59 Å². The van der Waals surface area contributed by atoms with Crippen LogP contribution in [0.25, 0.3) is 5.69 Å². The molecule has 0 aliphatic rings. The Labute approximate surface area is 179 Å². The number of amides is 2. The van der Waals surface area contributed by atoms with Crippen molar-refractivity contribution in [2.24, 2.45) is 5.92 Å². The number of hydrogen-bond acceptors (Lipinski definition) is 4. The van der Waals surface area contributed by atoms with Gasteiger partial charge in [0.2, 0.25) is 11.8 Å². The van der Waals surface area contributed by atoms with Crippen LogP contribution in [0.2, 0.25) is 0 Å². The van der Waals surface area contributed by atoms with Gasteiger partial charge < -0.3 is 15.0 Å². The molecule has 7 heteroatoms. The third kappa shape index (κ3) is 6.16. The number of carbonyl (C=O) groups is 2. The van der Waals surface area contributed by atoms with Crippen molar-refractivity contribution in [3.63, 3.8) is 0 Å². The lowest BCUT2D eigenvalue weighted by atomic mass is 9.92. The SMILES string of the molecule is COCC(=O)N(CC(=O)Nc1cc(C(C)(C)C)nn1-c1ccccc1C)CC(C)C. The topological polar surface area (TPSA) is 76.5 Å². The van der Waals surface area contributed by atoms with Gasteiger partial charge in [0.1, 0.15) is 12.4 Å². The smallest absolute Gasteiger partial charge is 0.249 e. The molecule has 1 heterocycles. The second-order valence-electron chi connectivity index (χ2n) is 9.01. The Hall–Kier alpha value is -2.67. The summed E-state index contributed by atoms with van der Waals surface area (Å²) in [4.78, 5) is 26.7. The lowest BCUT2D eigenvalue weighted by molar-refractivity contribution is -0.138. The van der Waals surface area contributed by atoms with Gasteiger partial charge >= 0.3 is 0 Å². The zero-order chi connectivity index (χ0) is 22.5. The number of nitrogens with zero attached hydrogens (tertiary/aromatic N) is 3. The van der Waals surface area contributed by atoms with E-state index in [2.05, 4.69) is 26.1 Å². The normalized spacial score (nSPS) is 11.6. The molecule has 30 heavy (non-hydrogen) atoms. The Morgan fingerprint density at radius 1 is 1.23 bits per heavy atom. The van der Waals surface area contributed by atoms with E-state index in [1.807, 2.05) is 51.1 Å². The number of nitrogens with one attached hydrogen (secondary N) is 1. The first-order valence-electron chi connectivity index (χ1n) is 10.3. The van der Waals surface area contributed by atoms with Crippen molar-refractivity contribution in [3.8, 4) is 5.69 Å². The fourth-order valence-electron chi connectivity index (χ4n) is 3.09. The quantitative estimate of drug-likeness (QED) is 0.717. The van der Waals surface area contributed by atoms with Crippen molar-refractivity contribution < 1.29 is 14.3 Å². The van der Waals surface area contributed by atoms with Crippen molar-refractivity contribution in [1.29, 1.82) is 0 Å². The maximum absolute atomic E-state index is 12.9. The highest BCUT2D eigenvalue weighted by molar-refractivity contribution is 5.94. The maximum atomic E-state index is 12.9. The zero-order valence-corrected chi connectivity index (χ0v) is 19.2. The second kappa shape index (κ2) is 9.89. The minimum absolute atomic E-state index is 0.0375. The van der Waals surface area contributed by atoms with Crippen molar-refractivity contribution in [1.82, 2.24) is 14.7 Å². The van der Waals surface area contributed by atoms with Gasteiger partial charge in [0.05, 0.1) is 17.9 Å². The summed E-state index contributed by atoms with van der Waals surface area (Å²) in [5.41, 5.74) is 2.65. The average molecular weight is 415 g/mol. The summed E-state index contributed by atoms with van der Waals surface area (Å²) in [5.74, 6) is 0.353. The van der Waals surface area contributed by atoms with Gasteiger partial charge in [0.15, 0.2) is 0 Å². The van der Waals surface area contributed by atoms with E-state index in [-0.39, 0.29) is 36.3 Å². The number of ether oxygens (including phenoxy) is 1. The molecular weight excluding hydrogens is 380 g/mol. The first-order chi connectivity index (χ1) is 14.0. The van der Waals surface area contributed by atoms with Gasteiger partial charge in [-0.15, -0.1) is 0 Å². The number of anilines is 1. The standard InChI is InChI=1S/C23H34N4O3/c1-16(2)13-26(22(29)15-30-7)14-21(28)24-20-12-19(23(4,5)6)25-27(20)18-11-9-8-10-17(18)3/h8-12,16H,13-15H2,1-7H3,(H,24,28). The van der Waals surface area contributed by atoms with Crippen LogP contribution in [0.4, 0.5) is 5.82 Å². The predicted molar refractivity (Wildman–Crippen MR) is 119 cm³/mol. The first kappa shape index (κ1) is 23.6. The summed E-state index contributed by atoms with van der Waals surface area (Å²) in [5, 5.41) is 7.72. The van der Waals surface area contributed by atoms with Crippen LogP contribution in [-0.2, 0) is 19.7 Å². The molecule has 0 radical (unpaired) electrons. The highest BCUT2D eigenvalue weighted by atomic mass is 16.5. The third-order valence-corrected chi connectivity index (χ3v) is 4.63. The van der Waals surface area contributed by atoms with Crippen LogP contribution in [0, 0.1) is 12.8 Å². The van der Waals surface area contributed by atoms with Gasteiger partial charge in [0, 0.05) is 25.1 Å². The molecule has 1 aromatic carbocycles. The van der Waals surface area contributed by atoms with Crippen LogP contribution >= 0.6 is 0 Å². The molecule has 2 rings (SSSR count). The molecule has 1 N–H and O–H groups in total. The van der Waals surface area contributed by atoms with E-state index in [1.54, 1.807) is 4.68 Å². The summed E-state index contributed by atoms with van der Waals surface area (Å²) in [6.45, 7) is 12.7. The van der Waals surface area contributed by atoms with Gasteiger partial charge in [-0.1, -0.05) is 52.8 Å². The second-order valence-corrected chi connectivity index (χ2v) is 9.01. The molecule has 7 nitrogen and oxygen atoms in total. The third-order valence-electron chi connectivity index (χ3n) is 4.63. The Morgan fingerprint density at radius 2 is 1.90 bits per heavy atom. The van der Waals surface area contributed by atoms with Crippen molar-refractivity contribution in [2.45, 2.75) is 47.0 Å². The molecule has 0 aliphatic carbocycles. The van der Waals surface area contributed by atoms with Gasteiger partial charge in [0.25, 0.3) is 0 Å². The number of carbonyl (C=O) groups excluding carboxylic acids is 2. The molecule has 0 spiro atoms. The average Bonchev–Trinajstić information content (AvgIpc) is 3.05. The van der Waals surface area contributed by atoms with Crippen LogP contribution in [0.15, 0.2) is 30.3 Å². The molecule has 0 fully saturated rings. The maximum Gasteiger partial charge on any atom is 0.249 e. The fourth-order valence-corrected chi connectivity index (χ4v) is 3.09. The molecule has 0 unspecified atom stereocenters. The molecule has 2 amide bonds. The zero-order valence-electron chi connectivity index (χ0n) is 19.2. The monoisotopic (exact) mass is 414 g/mol. The highest BCUT2D eigenvalue weighted by Gasteiger charge is 2.23. The first-order valence-corrected chi connectivity index (χ1v) is 10.3. The number of aromatic nitrogens is 2. The lowest BCUT2D eigenvalue weighted by Gasteiger charge is -2.23. The number of benzene rings is 1. The van der Waals surface area contributed by atoms with E-state index in [1.165, 1.54) is 12.0 Å². The number of rotatable bonds is 8. The summed E-state index contributed by atoms with van der Waals surface area (Å²) >= 11 is 0. The van der Waals surface area contributed by atoms with Crippen LogP contribution < -0.4 is 5.32 Å². The molecule has 164 valence electrons. The van der Waals surface area contributed by atoms with Gasteiger partial charge in [-0.25, -0.2) is 4.68 Å². The van der Waals surface area contributed by atoms with Crippen LogP contribution in [0.3, 0.4) is 0 Å². The van der Waals surface area contributed by atoms with E-state index in [0.717, 1.165) is 16.9 Å². The molecule has 0 aliphatic heterocycles. The Bertz CT molecular complexity index is 881. The largest absolute Gasteiger partial charge is 0.375 e. The van der Waals surface area contributed by atoms with Crippen molar-refractivity contribution in [3.05, 3.63) is 41.6 Å². The predicted octanol–water partition coefficient (Wildman–Crippen LogP) is 3.55. The summed E-state index contributed by atoms with van der Waals surface area (Å²) in [6, 6.07) is 9.79. The number of aryl methyl sites for hydroxylation is 1. The van der Waals surface area contributed by atoms with Gasteiger partial charge in [-0.2, -0.15) is 5.10 Å². The molecule has 0 bridgehead atoms. The molecular formula is C23H34N4O3. The summed E-state index contributed by atoms with van der Waals surface area (Å²) in [6.07, 6.45) is 0. The van der Waals surface area contributed by atoms with E-state index in [0.29, 0.717) is 12.4 Å². The van der Waals surface area contributed by atoms with Crippen LogP contribution in [-0.4, -0.2) is 53.3 Å². The Balaban J connectivity index is 2.31. The number of para-hydroxylation sites is 1. The number of hydrogen-bond donors (Lipinski definition) is 1. The molecule has 1 aromatic heterocycles. The minimum Gasteiger partial charge on any atom is -0.375 e. The van der Waals surface area contributed by atoms with E-state index < -0.39 is 0 Å². The molecule has 0 atom stereocenters. The summed E-state index contributed by atoms with van der Waals surface area (Å²) in [7, 11) is 1.47. The molecule has 0 saturated heterocycles. The van der Waals surface area contributed by atoms with Gasteiger partial charge in [-0.3, -0.25) is 9.59 Å². The Morgan fingerprint density at radius 3 is 2.47 bits per heavy atom. The van der Waals surface area contributed by atoms with E-state index in [4.69, 9.17) is 9.84 Å². The van der Waals surface area contributed by atoms with Crippen molar-refractivity contribution in [2.75, 3.05) is 32.1 Å². The lowest BCUT2D eigenvalue weighted by Crippen LogP contribution is -2.42. The highest BCUT2D eigenvalue weighted by Crippen LogP contribution is 2.27. The summed E-state index contributed by atoms with van der Waals surface area (Å²) < 4.78 is 6.72. The van der Waals surface area contributed by atoms with Crippen molar-refractivity contribution >= 4 is 17.6 Å². The molecule has 2 aromatic rings. The van der Waals surface area contributed by atoms with Crippen LogP contribution in [0.1, 0.15) is 45.9 Å². The fraction of sp³-hybridized carbons (Fsp3) is 0.522. The number of methoxy groups -OCH3 is 1. The Kier molecular flexibility index (Phi) is 7.78. The minimum atomic E-state index is -0.268. The van der Waals surface area contributed by atoms with E-state index >= 15 is 0 Å². The molecule has 0 saturated carbocycles. The van der Waals surface area contributed by atoms with Gasteiger partial charge in [-0.05, 0) is 24.5 Å².